The van der Waals surface area contributed by atoms with Gasteiger partial charge in [-0.15, -0.1) is 0 Å². The molecule has 0 spiro atoms. The van der Waals surface area contributed by atoms with E-state index in [0.717, 1.165) is 74.7 Å². The van der Waals surface area contributed by atoms with Crippen LogP contribution in [0.5, 0.6) is 5.75 Å². The molecule has 3 rings (SSSR count). The van der Waals surface area contributed by atoms with E-state index in [9.17, 15) is 4.79 Å². The molecule has 2 aliphatic heterocycles. The number of rotatable bonds is 6. The zero-order valence-electron chi connectivity index (χ0n) is 16.4. The molecule has 0 aromatic heterocycles. The lowest BCUT2D eigenvalue weighted by Crippen LogP contribution is -2.47. The van der Waals surface area contributed by atoms with Crippen molar-refractivity contribution in [1.82, 2.24) is 9.80 Å². The van der Waals surface area contributed by atoms with Crippen LogP contribution in [0.25, 0.3) is 0 Å². The number of aryl methyl sites for hydroxylation is 1. The van der Waals surface area contributed by atoms with Crippen LogP contribution < -0.4 is 4.74 Å². The molecule has 1 atom stereocenters. The third-order valence-corrected chi connectivity index (χ3v) is 6.27. The molecule has 2 saturated heterocycles. The van der Waals surface area contributed by atoms with Gasteiger partial charge in [0.1, 0.15) is 17.9 Å². The Hall–Kier alpha value is -1.30. The molecular formula is C21H31ClN2O3. The average Bonchev–Trinajstić information content (AvgIpc) is 2.65. The van der Waals surface area contributed by atoms with Crippen LogP contribution in [-0.4, -0.2) is 65.7 Å². The Morgan fingerprint density at radius 1 is 1.22 bits per heavy atom. The molecule has 2 fully saturated rings. The van der Waals surface area contributed by atoms with Crippen LogP contribution in [0, 0.1) is 12.8 Å². The van der Waals surface area contributed by atoms with Gasteiger partial charge in [-0.25, -0.2) is 0 Å². The van der Waals surface area contributed by atoms with Crippen molar-refractivity contribution < 1.29 is 14.6 Å². The van der Waals surface area contributed by atoms with Crippen molar-refractivity contribution in [2.75, 3.05) is 32.7 Å². The van der Waals surface area contributed by atoms with Crippen LogP contribution in [0.1, 0.15) is 38.2 Å². The van der Waals surface area contributed by atoms with E-state index >= 15 is 0 Å². The topological polar surface area (TPSA) is 53.0 Å². The van der Waals surface area contributed by atoms with Gasteiger partial charge >= 0.3 is 5.97 Å². The Morgan fingerprint density at radius 3 is 2.48 bits per heavy atom. The standard InChI is InChI=1S/C21H31ClN2O3/c1-15-13-18(22)3-4-20(15)27-19-7-9-23(10-8-19)14-17-5-11-24(12-6-17)16(2)21(25)26/h3-4,13,16-17,19H,5-12,14H2,1-2H3,(H,25,26)/t16-/m0/s1. The summed E-state index contributed by atoms with van der Waals surface area (Å²) in [6.07, 6.45) is 4.57. The maximum absolute atomic E-state index is 11.1. The van der Waals surface area contributed by atoms with Crippen molar-refractivity contribution in [3.05, 3.63) is 28.8 Å². The molecular weight excluding hydrogens is 364 g/mol. The van der Waals surface area contributed by atoms with Gasteiger partial charge < -0.3 is 14.7 Å². The molecule has 2 aliphatic rings. The van der Waals surface area contributed by atoms with Crippen LogP contribution >= 0.6 is 11.6 Å². The molecule has 0 aliphatic carbocycles. The maximum atomic E-state index is 11.1. The van der Waals surface area contributed by atoms with Gasteiger partial charge in [0.05, 0.1) is 0 Å². The molecule has 1 aromatic carbocycles. The first-order chi connectivity index (χ1) is 12.9. The molecule has 1 aromatic rings. The second-order valence-electron chi connectivity index (χ2n) is 8.02. The summed E-state index contributed by atoms with van der Waals surface area (Å²) in [7, 11) is 0. The fourth-order valence-corrected chi connectivity index (χ4v) is 4.41. The summed E-state index contributed by atoms with van der Waals surface area (Å²) >= 11 is 6.02. The van der Waals surface area contributed by atoms with Gasteiger partial charge in [-0.05, 0) is 82.3 Å². The van der Waals surface area contributed by atoms with E-state index in [0.29, 0.717) is 5.92 Å². The van der Waals surface area contributed by atoms with Crippen molar-refractivity contribution in [2.45, 2.75) is 51.7 Å². The fraction of sp³-hybridized carbons (Fsp3) is 0.667. The smallest absolute Gasteiger partial charge is 0.320 e. The van der Waals surface area contributed by atoms with Gasteiger partial charge in [0, 0.05) is 24.7 Å². The number of carbonyl (C=O) groups is 1. The number of aliphatic carboxylic acids is 1. The normalized spacial score (nSPS) is 21.9. The van der Waals surface area contributed by atoms with E-state index in [1.165, 1.54) is 0 Å². The fourth-order valence-electron chi connectivity index (χ4n) is 4.18. The zero-order chi connectivity index (χ0) is 19.4. The summed E-state index contributed by atoms with van der Waals surface area (Å²) in [5, 5.41) is 9.90. The highest BCUT2D eigenvalue weighted by molar-refractivity contribution is 6.30. The summed E-state index contributed by atoms with van der Waals surface area (Å²) in [6.45, 7) is 8.89. The average molecular weight is 395 g/mol. The molecule has 1 N–H and O–H groups in total. The first-order valence-corrected chi connectivity index (χ1v) is 10.4. The van der Waals surface area contributed by atoms with Crippen LogP contribution in [0.15, 0.2) is 18.2 Å². The van der Waals surface area contributed by atoms with Crippen molar-refractivity contribution in [3.63, 3.8) is 0 Å². The minimum atomic E-state index is -0.716. The van der Waals surface area contributed by atoms with Crippen LogP contribution in [0.3, 0.4) is 0 Å². The monoisotopic (exact) mass is 394 g/mol. The second-order valence-corrected chi connectivity index (χ2v) is 8.46. The van der Waals surface area contributed by atoms with E-state index in [4.69, 9.17) is 21.4 Å². The van der Waals surface area contributed by atoms with Crippen molar-refractivity contribution in [2.24, 2.45) is 5.92 Å². The first-order valence-electron chi connectivity index (χ1n) is 10.0. The van der Waals surface area contributed by atoms with Crippen molar-refractivity contribution in [3.8, 4) is 5.75 Å². The van der Waals surface area contributed by atoms with Gasteiger partial charge in [0.2, 0.25) is 0 Å². The molecule has 0 unspecified atom stereocenters. The number of hydrogen-bond acceptors (Lipinski definition) is 4. The highest BCUT2D eigenvalue weighted by Crippen LogP contribution is 2.26. The quantitative estimate of drug-likeness (QED) is 0.797. The summed E-state index contributed by atoms with van der Waals surface area (Å²) in [6, 6.07) is 5.44. The Bertz CT molecular complexity index is 638. The van der Waals surface area contributed by atoms with Crippen molar-refractivity contribution in [1.29, 1.82) is 0 Å². The Labute approximate surface area is 167 Å². The third kappa shape index (κ3) is 5.59. The van der Waals surface area contributed by atoms with E-state index < -0.39 is 5.97 Å². The number of hydrogen-bond donors (Lipinski definition) is 1. The molecule has 150 valence electrons. The summed E-state index contributed by atoms with van der Waals surface area (Å²) < 4.78 is 6.19. The number of nitrogens with zero attached hydrogens (tertiary/aromatic N) is 2. The maximum Gasteiger partial charge on any atom is 0.320 e. The number of carboxylic acid groups (broad SMARTS) is 1. The molecule has 5 nitrogen and oxygen atoms in total. The minimum Gasteiger partial charge on any atom is -0.490 e. The van der Waals surface area contributed by atoms with Gasteiger partial charge in [-0.1, -0.05) is 11.6 Å². The van der Waals surface area contributed by atoms with Gasteiger partial charge in [0.15, 0.2) is 0 Å². The molecule has 2 heterocycles. The summed E-state index contributed by atoms with van der Waals surface area (Å²) in [5.74, 6) is 0.905. The molecule has 0 amide bonds. The summed E-state index contributed by atoms with van der Waals surface area (Å²) in [4.78, 5) is 15.8. The van der Waals surface area contributed by atoms with Crippen LogP contribution in [0.2, 0.25) is 5.02 Å². The lowest BCUT2D eigenvalue weighted by atomic mass is 9.94. The zero-order valence-corrected chi connectivity index (χ0v) is 17.1. The SMILES string of the molecule is Cc1cc(Cl)ccc1OC1CCN(CC2CCN([C@@H](C)C(=O)O)CC2)CC1. The molecule has 0 saturated carbocycles. The molecule has 0 bridgehead atoms. The van der Waals surface area contributed by atoms with Crippen molar-refractivity contribution >= 4 is 17.6 Å². The number of piperidine rings is 2. The summed E-state index contributed by atoms with van der Waals surface area (Å²) in [5.41, 5.74) is 1.09. The van der Waals surface area contributed by atoms with E-state index in [1.54, 1.807) is 6.92 Å². The Balaban J connectivity index is 1.39. The predicted octanol–water partition coefficient (Wildman–Crippen LogP) is 3.68. The number of likely N-dealkylation sites (tertiary alicyclic amines) is 2. The van der Waals surface area contributed by atoms with Gasteiger partial charge in [0.25, 0.3) is 0 Å². The highest BCUT2D eigenvalue weighted by Gasteiger charge is 2.28. The minimum absolute atomic E-state index is 0.277. The number of carboxylic acids is 1. The largest absolute Gasteiger partial charge is 0.490 e. The Morgan fingerprint density at radius 2 is 1.89 bits per heavy atom. The second kappa shape index (κ2) is 9.26. The highest BCUT2D eigenvalue weighted by atomic mass is 35.5. The van der Waals surface area contributed by atoms with E-state index in [-0.39, 0.29) is 12.1 Å². The third-order valence-electron chi connectivity index (χ3n) is 6.04. The predicted molar refractivity (Wildman–Crippen MR) is 108 cm³/mol. The molecule has 27 heavy (non-hydrogen) atoms. The van der Waals surface area contributed by atoms with Crippen LogP contribution in [0.4, 0.5) is 0 Å². The number of halogens is 1. The van der Waals surface area contributed by atoms with E-state index in [2.05, 4.69) is 9.80 Å². The molecule has 6 heteroatoms. The number of ether oxygens (including phenoxy) is 1. The Kier molecular flexibility index (Phi) is 7.01. The first kappa shape index (κ1) is 20.4. The van der Waals surface area contributed by atoms with Crippen LogP contribution in [-0.2, 0) is 4.79 Å². The number of benzene rings is 1. The van der Waals surface area contributed by atoms with E-state index in [1.807, 2.05) is 25.1 Å². The van der Waals surface area contributed by atoms with Gasteiger partial charge in [-0.3, -0.25) is 9.69 Å². The lowest BCUT2D eigenvalue weighted by Gasteiger charge is -2.38. The van der Waals surface area contributed by atoms with Gasteiger partial charge in [-0.2, -0.15) is 0 Å². The lowest BCUT2D eigenvalue weighted by molar-refractivity contribution is -0.143. The molecule has 0 radical (unpaired) electrons.